The minimum absolute atomic E-state index is 0.0342. The van der Waals surface area contributed by atoms with Gasteiger partial charge in [-0.25, -0.2) is 17.5 Å². The molecule has 15 nitrogen and oxygen atoms in total. The SMILES string of the molecule is CC(C)c1ccccc1[C@@H]1CCCN1C1CC2(CCN(c3ccc(C(=O)NS(=O)(=O)c4ccc(NCC5(F)CCOCC5)c([N+](=O)[O-])c4)c(N4CCCOc5nc6[nH]ccc6cc54)c3)CC2)C1. The molecule has 0 bridgehead atoms. The molecule has 3 saturated heterocycles. The Bertz CT molecular complexity index is 2780. The zero-order valence-corrected chi connectivity index (χ0v) is 39.0. The molecule has 67 heavy (non-hydrogen) atoms. The number of nitrogens with zero attached hydrogens (tertiary/aromatic N) is 5. The van der Waals surface area contributed by atoms with Crippen molar-refractivity contribution in [2.45, 2.75) is 100 Å². The number of anilines is 4. The number of pyridine rings is 1. The Morgan fingerprint density at radius 2 is 1.75 bits per heavy atom. The summed E-state index contributed by atoms with van der Waals surface area (Å²) < 4.78 is 56.8. The van der Waals surface area contributed by atoms with Crippen LogP contribution in [-0.4, -0.2) is 98.4 Å². The van der Waals surface area contributed by atoms with E-state index in [1.54, 1.807) is 12.3 Å². The quantitative estimate of drug-likeness (QED) is 0.0801. The first kappa shape index (κ1) is 45.0. The smallest absolute Gasteiger partial charge is 0.293 e. The maximum atomic E-state index is 15.3. The van der Waals surface area contributed by atoms with Gasteiger partial charge >= 0.3 is 0 Å². The maximum absolute atomic E-state index is 15.3. The molecule has 6 heterocycles. The minimum atomic E-state index is -4.64. The van der Waals surface area contributed by atoms with E-state index in [0.717, 1.165) is 49.6 Å². The van der Waals surface area contributed by atoms with E-state index in [4.69, 9.17) is 14.5 Å². The number of nitrogens with one attached hydrogen (secondary N) is 3. The van der Waals surface area contributed by atoms with Gasteiger partial charge in [-0.1, -0.05) is 38.1 Å². The van der Waals surface area contributed by atoms with Crippen molar-refractivity contribution in [1.82, 2.24) is 19.6 Å². The number of aromatic nitrogens is 2. The first-order chi connectivity index (χ1) is 32.3. The van der Waals surface area contributed by atoms with E-state index in [-0.39, 0.29) is 43.9 Å². The number of piperidine rings is 1. The number of halogens is 1. The minimum Gasteiger partial charge on any atom is -0.476 e. The van der Waals surface area contributed by atoms with E-state index < -0.39 is 37.1 Å². The summed E-state index contributed by atoms with van der Waals surface area (Å²) in [5, 5.41) is 15.9. The van der Waals surface area contributed by atoms with E-state index in [1.807, 2.05) is 29.2 Å². The van der Waals surface area contributed by atoms with Crippen LogP contribution in [0.15, 0.2) is 83.9 Å². The molecule has 3 N–H and O–H groups in total. The maximum Gasteiger partial charge on any atom is 0.293 e. The molecule has 1 atom stereocenters. The Morgan fingerprint density at radius 3 is 2.52 bits per heavy atom. The van der Waals surface area contributed by atoms with E-state index in [1.165, 1.54) is 48.9 Å². The highest BCUT2D eigenvalue weighted by molar-refractivity contribution is 7.90. The number of benzene rings is 3. The second-order valence-electron chi connectivity index (χ2n) is 19.5. The summed E-state index contributed by atoms with van der Waals surface area (Å²) in [5.41, 5.74) is 3.82. The number of carbonyl (C=O) groups excluding carboxylic acids is 1. The largest absolute Gasteiger partial charge is 0.476 e. The molecule has 4 fully saturated rings. The molecular formula is C50H59FN8O7S. The molecule has 1 aliphatic carbocycles. The second kappa shape index (κ2) is 18.0. The van der Waals surface area contributed by atoms with E-state index in [9.17, 15) is 23.3 Å². The summed E-state index contributed by atoms with van der Waals surface area (Å²) in [7, 11) is -4.64. The molecule has 1 amide bonds. The van der Waals surface area contributed by atoms with Gasteiger partial charge in [0.1, 0.15) is 22.7 Å². The summed E-state index contributed by atoms with van der Waals surface area (Å²) in [5.74, 6) is -0.0243. The number of aromatic amines is 1. The number of sulfonamides is 1. The second-order valence-corrected chi connectivity index (χ2v) is 21.2. The Hall–Kier alpha value is -5.78. The van der Waals surface area contributed by atoms with Gasteiger partial charge in [0.05, 0.1) is 27.7 Å². The standard InChI is InChI=1S/C50H59FN8O7S/c1-33(2)38-7-3-4-8-39(38)42-9-5-20-57(42)36-30-49(31-36)15-22-56(23-16-49)35-10-12-40(43(28-35)58-21-6-24-66-48-45(58)27-34-14-19-52-46(34)54-48)47(60)55-67(63,64)37-11-13-41(44(29-37)59(61)62)53-32-50(51)17-25-65-26-18-50/h3-4,7-8,10-14,19,27-29,33,36,42,53H,5-6,9,15-18,20-26,30-32H2,1-2H3,(H,52,54)(H,55,60)/t42-/m0/s1. The predicted molar refractivity (Wildman–Crippen MR) is 256 cm³/mol. The molecule has 1 saturated carbocycles. The fraction of sp³-hybridized carbons (Fsp3) is 0.480. The number of rotatable bonds is 12. The highest BCUT2D eigenvalue weighted by Crippen LogP contribution is 2.54. The molecule has 2 aromatic heterocycles. The molecule has 0 unspecified atom stereocenters. The summed E-state index contributed by atoms with van der Waals surface area (Å²) in [4.78, 5) is 40.4. The first-order valence-electron chi connectivity index (χ1n) is 23.8. The average molecular weight is 935 g/mol. The van der Waals surface area contributed by atoms with Gasteiger partial charge in [-0.2, -0.15) is 4.98 Å². The van der Waals surface area contributed by atoms with Crippen LogP contribution in [-0.2, 0) is 14.8 Å². The van der Waals surface area contributed by atoms with Gasteiger partial charge in [-0.05, 0) is 116 Å². The fourth-order valence-corrected chi connectivity index (χ4v) is 12.2. The lowest BCUT2D eigenvalue weighted by molar-refractivity contribution is -0.384. The van der Waals surface area contributed by atoms with E-state index in [0.29, 0.717) is 65.9 Å². The van der Waals surface area contributed by atoms with Crippen LogP contribution in [0.5, 0.6) is 5.88 Å². The van der Waals surface area contributed by atoms with Gasteiger partial charge < -0.3 is 29.6 Å². The number of ether oxygens (including phenoxy) is 2. The number of nitro benzene ring substituents is 1. The fourth-order valence-electron chi connectivity index (χ4n) is 11.3. The number of hydrogen-bond acceptors (Lipinski definition) is 12. The van der Waals surface area contributed by atoms with Crippen molar-refractivity contribution < 1.29 is 32.0 Å². The van der Waals surface area contributed by atoms with Gasteiger partial charge in [0, 0.05) is 87.7 Å². The van der Waals surface area contributed by atoms with Crippen molar-refractivity contribution in [2.75, 3.05) is 67.7 Å². The monoisotopic (exact) mass is 934 g/mol. The van der Waals surface area contributed by atoms with E-state index in [2.05, 4.69) is 62.9 Å². The number of fused-ring (bicyclic) bond motifs is 2. The van der Waals surface area contributed by atoms with E-state index >= 15 is 4.39 Å². The van der Waals surface area contributed by atoms with Gasteiger partial charge in [0.25, 0.3) is 21.6 Å². The lowest BCUT2D eigenvalue weighted by Gasteiger charge is -2.56. The lowest BCUT2D eigenvalue weighted by Crippen LogP contribution is -2.55. The normalized spacial score (nSPS) is 20.9. The Kier molecular flexibility index (Phi) is 12.1. The van der Waals surface area contributed by atoms with Crippen LogP contribution in [0.1, 0.15) is 105 Å². The van der Waals surface area contributed by atoms with Crippen LogP contribution >= 0.6 is 0 Å². The van der Waals surface area contributed by atoms with Crippen molar-refractivity contribution in [2.24, 2.45) is 5.41 Å². The van der Waals surface area contributed by atoms with Crippen LogP contribution in [0.2, 0.25) is 0 Å². The number of H-pyrrole nitrogens is 1. The molecule has 4 aliphatic heterocycles. The summed E-state index contributed by atoms with van der Waals surface area (Å²) in [6, 6.07) is 22.7. The Morgan fingerprint density at radius 1 is 0.955 bits per heavy atom. The summed E-state index contributed by atoms with van der Waals surface area (Å²) >= 11 is 0. The number of likely N-dealkylation sites (tertiary alicyclic amines) is 1. The molecule has 1 spiro atoms. The zero-order valence-electron chi connectivity index (χ0n) is 38.1. The predicted octanol–water partition coefficient (Wildman–Crippen LogP) is 9.15. The highest BCUT2D eigenvalue weighted by Gasteiger charge is 2.50. The molecule has 10 rings (SSSR count). The van der Waals surface area contributed by atoms with Crippen molar-refractivity contribution in [3.8, 4) is 5.88 Å². The number of carbonyl (C=O) groups is 1. The molecule has 0 radical (unpaired) electrons. The zero-order chi connectivity index (χ0) is 46.5. The van der Waals surface area contributed by atoms with Crippen LogP contribution < -0.4 is 24.6 Å². The van der Waals surface area contributed by atoms with Crippen LogP contribution in [0.4, 0.5) is 32.8 Å². The van der Waals surface area contributed by atoms with Gasteiger partial charge in [-0.3, -0.25) is 19.8 Å². The summed E-state index contributed by atoms with van der Waals surface area (Å²) in [6.45, 7) is 8.53. The van der Waals surface area contributed by atoms with Crippen molar-refractivity contribution in [3.63, 3.8) is 0 Å². The Labute approximate surface area is 390 Å². The number of amides is 1. The van der Waals surface area contributed by atoms with Gasteiger partial charge in [-0.15, -0.1) is 0 Å². The molecule has 5 aliphatic rings. The molecular weight excluding hydrogens is 876 g/mol. The molecule has 17 heteroatoms. The number of alkyl halides is 1. The first-order valence-corrected chi connectivity index (χ1v) is 25.3. The van der Waals surface area contributed by atoms with Crippen molar-refractivity contribution >= 4 is 55.4 Å². The van der Waals surface area contributed by atoms with Crippen molar-refractivity contribution in [1.29, 1.82) is 0 Å². The van der Waals surface area contributed by atoms with Gasteiger partial charge in [0.2, 0.25) is 5.88 Å². The topological polar surface area (TPSA) is 175 Å². The van der Waals surface area contributed by atoms with Crippen LogP contribution in [0.25, 0.3) is 11.0 Å². The third-order valence-electron chi connectivity index (χ3n) is 15.0. The van der Waals surface area contributed by atoms with Crippen molar-refractivity contribution in [3.05, 3.63) is 106 Å². The molecule has 3 aromatic carbocycles. The van der Waals surface area contributed by atoms with Gasteiger partial charge in [0.15, 0.2) is 0 Å². The number of nitro groups is 1. The molecule has 5 aromatic rings. The highest BCUT2D eigenvalue weighted by atomic mass is 32.2. The summed E-state index contributed by atoms with van der Waals surface area (Å²) in [6.07, 6.45) is 9.59. The Balaban J connectivity index is 0.897. The van der Waals surface area contributed by atoms with Crippen LogP contribution in [0.3, 0.4) is 0 Å². The van der Waals surface area contributed by atoms with Crippen LogP contribution in [0, 0.1) is 15.5 Å². The molecule has 354 valence electrons. The third-order valence-corrected chi connectivity index (χ3v) is 16.3. The lowest BCUT2D eigenvalue weighted by atomic mass is 9.59. The third kappa shape index (κ3) is 8.93. The number of hydrogen-bond donors (Lipinski definition) is 3. The average Bonchev–Trinajstić information content (AvgIpc) is 3.95.